The molecule has 1 aromatic carbocycles. The largest absolute Gasteiger partial charge is 0.329 e. The minimum absolute atomic E-state index is 0.372. The second-order valence-electron chi connectivity index (χ2n) is 5.05. The lowest BCUT2D eigenvalue weighted by Gasteiger charge is -2.18. The smallest absolute Gasteiger partial charge is 0.167 e. The number of benzene rings is 1. The second-order valence-corrected chi connectivity index (χ2v) is 6.04. The van der Waals surface area contributed by atoms with Gasteiger partial charge in [0.2, 0.25) is 0 Å². The van der Waals surface area contributed by atoms with Crippen LogP contribution in [0.2, 0.25) is 0 Å². The normalized spacial score (nSPS) is 12.6. The number of thioether (sulfide) groups is 1. The third-order valence-electron chi connectivity index (χ3n) is 3.28. The van der Waals surface area contributed by atoms with Crippen molar-refractivity contribution in [2.75, 3.05) is 12.3 Å². The fourth-order valence-electron chi connectivity index (χ4n) is 2.04. The van der Waals surface area contributed by atoms with E-state index in [0.29, 0.717) is 6.04 Å². The summed E-state index contributed by atoms with van der Waals surface area (Å²) in [4.78, 5) is 4.37. The molecule has 0 aliphatic carbocycles. The molecule has 0 fully saturated rings. The summed E-state index contributed by atoms with van der Waals surface area (Å²) in [7, 11) is 2.04. The van der Waals surface area contributed by atoms with Gasteiger partial charge in [0.05, 0.1) is 0 Å². The minimum Gasteiger partial charge on any atom is -0.329 e. The summed E-state index contributed by atoms with van der Waals surface area (Å²) in [5, 5.41) is 4.70. The van der Waals surface area contributed by atoms with Crippen LogP contribution in [0.1, 0.15) is 30.5 Å². The highest BCUT2D eigenvalue weighted by molar-refractivity contribution is 7.99. The lowest BCUT2D eigenvalue weighted by molar-refractivity contribution is 0.576. The first-order valence-corrected chi connectivity index (χ1v) is 8.09. The highest BCUT2D eigenvalue weighted by Gasteiger charge is 2.12. The summed E-state index contributed by atoms with van der Waals surface area (Å²) in [5.74, 6) is 0.994. The number of aryl methyl sites for hydroxylation is 2. The molecule has 0 aliphatic rings. The van der Waals surface area contributed by atoms with Gasteiger partial charge in [-0.25, -0.2) is 4.98 Å². The van der Waals surface area contributed by atoms with Gasteiger partial charge in [-0.05, 0) is 25.5 Å². The van der Waals surface area contributed by atoms with Crippen molar-refractivity contribution < 1.29 is 0 Å². The van der Waals surface area contributed by atoms with Crippen molar-refractivity contribution in [1.82, 2.24) is 14.9 Å². The van der Waals surface area contributed by atoms with Crippen molar-refractivity contribution >= 4 is 11.8 Å². The molecule has 0 radical (unpaired) electrons. The molecule has 1 heterocycles. The number of nitrogens with zero attached hydrogens (tertiary/aromatic N) is 2. The Hall–Kier alpha value is -1.26. The van der Waals surface area contributed by atoms with Gasteiger partial charge in [-0.2, -0.15) is 0 Å². The van der Waals surface area contributed by atoms with E-state index >= 15 is 0 Å². The molecule has 0 saturated carbocycles. The predicted octanol–water partition coefficient (Wildman–Crippen LogP) is 3.56. The first-order valence-electron chi connectivity index (χ1n) is 7.10. The minimum atomic E-state index is 0.372. The highest BCUT2D eigenvalue weighted by Crippen LogP contribution is 2.23. The van der Waals surface area contributed by atoms with Crippen molar-refractivity contribution in [3.63, 3.8) is 0 Å². The highest BCUT2D eigenvalue weighted by atomic mass is 32.2. The molecule has 0 amide bonds. The summed E-state index contributed by atoms with van der Waals surface area (Å²) < 4.78 is 2.07. The maximum absolute atomic E-state index is 4.37. The van der Waals surface area contributed by atoms with Crippen LogP contribution >= 0.6 is 11.8 Å². The molecule has 4 heteroatoms. The Bertz CT molecular complexity index is 519. The van der Waals surface area contributed by atoms with Crippen LogP contribution in [-0.4, -0.2) is 21.8 Å². The third-order valence-corrected chi connectivity index (χ3v) is 4.43. The van der Waals surface area contributed by atoms with Gasteiger partial charge in [-0.3, -0.25) is 0 Å². The zero-order valence-electron chi connectivity index (χ0n) is 12.5. The summed E-state index contributed by atoms with van der Waals surface area (Å²) >= 11 is 1.80. The van der Waals surface area contributed by atoms with E-state index in [9.17, 15) is 0 Å². The number of aromatic nitrogens is 2. The van der Waals surface area contributed by atoms with Gasteiger partial charge >= 0.3 is 0 Å². The van der Waals surface area contributed by atoms with E-state index in [0.717, 1.165) is 23.9 Å². The van der Waals surface area contributed by atoms with Gasteiger partial charge in [0.15, 0.2) is 5.16 Å². The molecule has 0 spiro atoms. The molecule has 1 atom stereocenters. The Morgan fingerprint density at radius 3 is 2.65 bits per heavy atom. The van der Waals surface area contributed by atoms with Gasteiger partial charge in [-0.1, -0.05) is 48.5 Å². The zero-order valence-corrected chi connectivity index (χ0v) is 13.3. The molecule has 0 saturated heterocycles. The van der Waals surface area contributed by atoms with Crippen LogP contribution in [-0.2, 0) is 7.05 Å². The van der Waals surface area contributed by atoms with E-state index < -0.39 is 0 Å². The van der Waals surface area contributed by atoms with Gasteiger partial charge < -0.3 is 9.88 Å². The van der Waals surface area contributed by atoms with Crippen LogP contribution in [0.15, 0.2) is 41.8 Å². The Balaban J connectivity index is 2.03. The Morgan fingerprint density at radius 1 is 1.30 bits per heavy atom. The van der Waals surface area contributed by atoms with Crippen molar-refractivity contribution in [1.29, 1.82) is 0 Å². The zero-order chi connectivity index (χ0) is 14.4. The van der Waals surface area contributed by atoms with Crippen molar-refractivity contribution in [2.45, 2.75) is 31.5 Å². The van der Waals surface area contributed by atoms with Gasteiger partial charge in [-0.15, -0.1) is 0 Å². The topological polar surface area (TPSA) is 29.9 Å². The molecular formula is C16H23N3S. The fourth-order valence-corrected chi connectivity index (χ4v) is 3.07. The lowest BCUT2D eigenvalue weighted by atomic mass is 10.1. The van der Waals surface area contributed by atoms with Gasteiger partial charge in [0.25, 0.3) is 0 Å². The average Bonchev–Trinajstić information content (AvgIpc) is 2.86. The SMILES string of the molecule is CCCNC(CSc1nccn1C)c1ccc(C)cc1. The molecule has 3 nitrogen and oxygen atoms in total. The van der Waals surface area contributed by atoms with Gasteiger partial charge in [0, 0.05) is 31.2 Å². The molecular weight excluding hydrogens is 266 g/mol. The van der Waals surface area contributed by atoms with Crippen molar-refractivity contribution in [3.05, 3.63) is 47.8 Å². The van der Waals surface area contributed by atoms with Crippen LogP contribution in [0.4, 0.5) is 0 Å². The third kappa shape index (κ3) is 4.12. The molecule has 108 valence electrons. The van der Waals surface area contributed by atoms with Gasteiger partial charge in [0.1, 0.15) is 0 Å². The van der Waals surface area contributed by atoms with Crippen LogP contribution in [0, 0.1) is 6.92 Å². The maximum Gasteiger partial charge on any atom is 0.167 e. The number of rotatable bonds is 7. The standard InChI is InChI=1S/C16H23N3S/c1-4-9-17-15(14-7-5-13(2)6-8-14)12-20-16-18-10-11-19(16)3/h5-8,10-11,15,17H,4,9,12H2,1-3H3. The number of imidazole rings is 1. The Morgan fingerprint density at radius 2 is 2.05 bits per heavy atom. The number of hydrogen-bond acceptors (Lipinski definition) is 3. The van der Waals surface area contributed by atoms with E-state index in [4.69, 9.17) is 0 Å². The fraction of sp³-hybridized carbons (Fsp3) is 0.438. The molecule has 20 heavy (non-hydrogen) atoms. The Kier molecular flexibility index (Phi) is 5.68. The molecule has 1 unspecified atom stereocenters. The number of nitrogens with one attached hydrogen (secondary N) is 1. The quantitative estimate of drug-likeness (QED) is 0.790. The summed E-state index contributed by atoms with van der Waals surface area (Å²) in [6.07, 6.45) is 4.99. The average molecular weight is 289 g/mol. The number of hydrogen-bond donors (Lipinski definition) is 1. The van der Waals surface area contributed by atoms with E-state index in [-0.39, 0.29) is 0 Å². The van der Waals surface area contributed by atoms with E-state index in [2.05, 4.69) is 53.0 Å². The van der Waals surface area contributed by atoms with E-state index in [1.807, 2.05) is 19.4 Å². The maximum atomic E-state index is 4.37. The molecule has 1 N–H and O–H groups in total. The molecule has 1 aromatic heterocycles. The van der Waals surface area contributed by atoms with Crippen molar-refractivity contribution in [2.24, 2.45) is 7.05 Å². The first-order chi connectivity index (χ1) is 9.70. The van der Waals surface area contributed by atoms with Crippen LogP contribution < -0.4 is 5.32 Å². The summed E-state index contributed by atoms with van der Waals surface area (Å²) in [6.45, 7) is 5.37. The van der Waals surface area contributed by atoms with Crippen LogP contribution in [0.3, 0.4) is 0 Å². The summed E-state index contributed by atoms with van der Waals surface area (Å²) in [5.41, 5.74) is 2.66. The van der Waals surface area contributed by atoms with E-state index in [1.165, 1.54) is 11.1 Å². The lowest BCUT2D eigenvalue weighted by Crippen LogP contribution is -2.24. The molecule has 0 aliphatic heterocycles. The molecule has 0 bridgehead atoms. The van der Waals surface area contributed by atoms with Crippen LogP contribution in [0.25, 0.3) is 0 Å². The monoisotopic (exact) mass is 289 g/mol. The molecule has 2 rings (SSSR count). The first kappa shape index (κ1) is 15.1. The van der Waals surface area contributed by atoms with Crippen molar-refractivity contribution in [3.8, 4) is 0 Å². The summed E-state index contributed by atoms with van der Waals surface area (Å²) in [6, 6.07) is 9.18. The van der Waals surface area contributed by atoms with E-state index in [1.54, 1.807) is 11.8 Å². The Labute approximate surface area is 125 Å². The second kappa shape index (κ2) is 7.50. The van der Waals surface area contributed by atoms with Crippen LogP contribution in [0.5, 0.6) is 0 Å². The predicted molar refractivity (Wildman–Crippen MR) is 86.1 cm³/mol. The molecule has 2 aromatic rings.